The van der Waals surface area contributed by atoms with E-state index in [0.29, 0.717) is 0 Å². The molecule has 110 valence electrons. The van der Waals surface area contributed by atoms with Gasteiger partial charge in [-0.3, -0.25) is 0 Å². The molecular formula is C15H21ClN2OS. The Balaban J connectivity index is 2.12. The standard InChI is InChI=1S/C15H21ClN2OS/c1-2-8-18-14-7-6-12(16)11-13(14)17-15(18)20-10-5-3-4-9-19/h6-7,11,19H,2-5,8-10H2,1H3. The Hall–Kier alpha value is -0.710. The number of rotatable bonds is 8. The number of fused-ring (bicyclic) bond motifs is 1. The molecule has 0 radical (unpaired) electrons. The van der Waals surface area contributed by atoms with Crippen molar-refractivity contribution in [3.05, 3.63) is 23.2 Å². The molecule has 2 aromatic rings. The fraction of sp³-hybridized carbons (Fsp3) is 0.533. The minimum atomic E-state index is 0.289. The SMILES string of the molecule is CCCn1c(SCCCCCO)nc2cc(Cl)ccc21. The maximum absolute atomic E-state index is 8.78. The molecule has 0 saturated heterocycles. The number of unbranched alkanes of at least 4 members (excludes halogenated alkanes) is 2. The van der Waals surface area contributed by atoms with Gasteiger partial charge in [-0.2, -0.15) is 0 Å². The molecule has 0 aliphatic rings. The van der Waals surface area contributed by atoms with Crippen LogP contribution in [0.2, 0.25) is 5.02 Å². The summed E-state index contributed by atoms with van der Waals surface area (Å²) in [7, 11) is 0. The van der Waals surface area contributed by atoms with E-state index in [4.69, 9.17) is 21.7 Å². The van der Waals surface area contributed by atoms with Crippen LogP contribution in [0.15, 0.2) is 23.4 Å². The van der Waals surface area contributed by atoms with E-state index >= 15 is 0 Å². The third kappa shape index (κ3) is 3.90. The topological polar surface area (TPSA) is 38.0 Å². The molecule has 2 rings (SSSR count). The highest BCUT2D eigenvalue weighted by atomic mass is 35.5. The molecule has 0 unspecified atom stereocenters. The number of hydrogen-bond acceptors (Lipinski definition) is 3. The monoisotopic (exact) mass is 312 g/mol. The van der Waals surface area contributed by atoms with E-state index < -0.39 is 0 Å². The summed E-state index contributed by atoms with van der Waals surface area (Å²) in [6.45, 7) is 3.45. The van der Waals surface area contributed by atoms with Crippen LogP contribution in [-0.2, 0) is 6.54 Å². The lowest BCUT2D eigenvalue weighted by atomic mass is 10.3. The Morgan fingerprint density at radius 2 is 2.15 bits per heavy atom. The van der Waals surface area contributed by atoms with E-state index in [1.807, 2.05) is 12.1 Å². The van der Waals surface area contributed by atoms with E-state index in [9.17, 15) is 0 Å². The number of halogens is 1. The van der Waals surface area contributed by atoms with Crippen molar-refractivity contribution in [3.8, 4) is 0 Å². The van der Waals surface area contributed by atoms with Crippen LogP contribution < -0.4 is 0 Å². The molecule has 20 heavy (non-hydrogen) atoms. The van der Waals surface area contributed by atoms with Gasteiger partial charge in [0.2, 0.25) is 0 Å². The number of aliphatic hydroxyl groups excluding tert-OH is 1. The molecule has 1 aromatic heterocycles. The van der Waals surface area contributed by atoms with Crippen molar-refractivity contribution >= 4 is 34.4 Å². The Kier molecular flexibility index (Phi) is 6.20. The first-order chi connectivity index (χ1) is 9.76. The van der Waals surface area contributed by atoms with Crippen LogP contribution in [0.4, 0.5) is 0 Å². The van der Waals surface area contributed by atoms with Gasteiger partial charge >= 0.3 is 0 Å². The molecular weight excluding hydrogens is 292 g/mol. The number of aliphatic hydroxyl groups is 1. The summed E-state index contributed by atoms with van der Waals surface area (Å²) < 4.78 is 2.28. The van der Waals surface area contributed by atoms with Crippen molar-refractivity contribution in [2.24, 2.45) is 0 Å². The van der Waals surface area contributed by atoms with Gasteiger partial charge in [-0.05, 0) is 37.5 Å². The largest absolute Gasteiger partial charge is 0.396 e. The lowest BCUT2D eigenvalue weighted by Gasteiger charge is -2.07. The summed E-state index contributed by atoms with van der Waals surface area (Å²) in [6.07, 6.45) is 4.17. The van der Waals surface area contributed by atoms with E-state index in [2.05, 4.69) is 17.6 Å². The Morgan fingerprint density at radius 3 is 2.90 bits per heavy atom. The van der Waals surface area contributed by atoms with Crippen molar-refractivity contribution in [1.29, 1.82) is 0 Å². The van der Waals surface area contributed by atoms with Crippen LogP contribution in [0, 0.1) is 0 Å². The molecule has 5 heteroatoms. The normalized spacial score (nSPS) is 11.3. The maximum atomic E-state index is 8.78. The molecule has 0 saturated carbocycles. The molecule has 0 spiro atoms. The lowest BCUT2D eigenvalue weighted by molar-refractivity contribution is 0.284. The highest BCUT2D eigenvalue weighted by molar-refractivity contribution is 7.99. The lowest BCUT2D eigenvalue weighted by Crippen LogP contribution is -1.99. The predicted octanol–water partition coefficient (Wildman–Crippen LogP) is 4.35. The number of hydrogen-bond donors (Lipinski definition) is 1. The van der Waals surface area contributed by atoms with Crippen molar-refractivity contribution in [2.75, 3.05) is 12.4 Å². The minimum Gasteiger partial charge on any atom is -0.396 e. The molecule has 0 bridgehead atoms. The summed E-state index contributed by atoms with van der Waals surface area (Å²) in [6, 6.07) is 5.91. The van der Waals surface area contributed by atoms with Crippen molar-refractivity contribution < 1.29 is 5.11 Å². The first-order valence-electron chi connectivity index (χ1n) is 7.15. The number of thioether (sulfide) groups is 1. The van der Waals surface area contributed by atoms with Crippen molar-refractivity contribution in [3.63, 3.8) is 0 Å². The first-order valence-corrected chi connectivity index (χ1v) is 8.52. The maximum Gasteiger partial charge on any atom is 0.169 e. The number of nitrogens with zero attached hydrogens (tertiary/aromatic N) is 2. The number of aryl methyl sites for hydroxylation is 1. The second kappa shape index (κ2) is 7.91. The molecule has 0 atom stereocenters. The summed E-state index contributed by atoms with van der Waals surface area (Å²) >= 11 is 7.84. The van der Waals surface area contributed by atoms with Crippen LogP contribution in [0.5, 0.6) is 0 Å². The molecule has 0 aliphatic heterocycles. The molecule has 0 aliphatic carbocycles. The van der Waals surface area contributed by atoms with Crippen LogP contribution in [0.25, 0.3) is 11.0 Å². The highest BCUT2D eigenvalue weighted by Crippen LogP contribution is 2.27. The van der Waals surface area contributed by atoms with E-state index in [1.54, 1.807) is 11.8 Å². The van der Waals surface area contributed by atoms with Crippen LogP contribution >= 0.6 is 23.4 Å². The molecule has 0 amide bonds. The van der Waals surface area contributed by atoms with Crippen LogP contribution in [-0.4, -0.2) is 27.0 Å². The summed E-state index contributed by atoms with van der Waals surface area (Å²) in [5, 5.41) is 10.6. The summed E-state index contributed by atoms with van der Waals surface area (Å²) in [5.74, 6) is 1.04. The third-order valence-corrected chi connectivity index (χ3v) is 4.45. The molecule has 1 N–H and O–H groups in total. The zero-order valence-corrected chi connectivity index (χ0v) is 13.4. The molecule has 1 aromatic carbocycles. The van der Waals surface area contributed by atoms with Gasteiger partial charge in [0.05, 0.1) is 11.0 Å². The third-order valence-electron chi connectivity index (χ3n) is 3.16. The van der Waals surface area contributed by atoms with Gasteiger partial charge in [-0.25, -0.2) is 4.98 Å². The number of benzene rings is 1. The first kappa shape index (κ1) is 15.7. The zero-order chi connectivity index (χ0) is 14.4. The number of aromatic nitrogens is 2. The van der Waals surface area contributed by atoms with Crippen LogP contribution in [0.1, 0.15) is 32.6 Å². The van der Waals surface area contributed by atoms with Gasteiger partial charge in [-0.15, -0.1) is 0 Å². The van der Waals surface area contributed by atoms with Crippen molar-refractivity contribution in [2.45, 2.75) is 44.3 Å². The fourth-order valence-corrected chi connectivity index (χ4v) is 3.39. The Morgan fingerprint density at radius 1 is 1.30 bits per heavy atom. The van der Waals surface area contributed by atoms with Gasteiger partial charge in [0, 0.05) is 23.9 Å². The van der Waals surface area contributed by atoms with E-state index in [0.717, 1.165) is 59.2 Å². The molecule has 0 fully saturated rings. The second-order valence-electron chi connectivity index (χ2n) is 4.81. The van der Waals surface area contributed by atoms with E-state index in [-0.39, 0.29) is 6.61 Å². The van der Waals surface area contributed by atoms with E-state index in [1.165, 1.54) is 0 Å². The van der Waals surface area contributed by atoms with Gasteiger partial charge in [0.25, 0.3) is 0 Å². The summed E-state index contributed by atoms with van der Waals surface area (Å²) in [5.41, 5.74) is 2.14. The summed E-state index contributed by atoms with van der Waals surface area (Å²) in [4.78, 5) is 4.70. The molecule has 1 heterocycles. The average molecular weight is 313 g/mol. The number of imidazole rings is 1. The van der Waals surface area contributed by atoms with Gasteiger partial charge in [0.1, 0.15) is 0 Å². The average Bonchev–Trinajstić information content (AvgIpc) is 2.76. The Bertz CT molecular complexity index is 556. The quantitative estimate of drug-likeness (QED) is 0.581. The Labute approximate surface area is 129 Å². The highest BCUT2D eigenvalue weighted by Gasteiger charge is 2.10. The smallest absolute Gasteiger partial charge is 0.169 e. The predicted molar refractivity (Wildman–Crippen MR) is 86.7 cm³/mol. The second-order valence-corrected chi connectivity index (χ2v) is 6.31. The van der Waals surface area contributed by atoms with Gasteiger partial charge < -0.3 is 9.67 Å². The minimum absolute atomic E-state index is 0.289. The zero-order valence-electron chi connectivity index (χ0n) is 11.8. The van der Waals surface area contributed by atoms with Crippen molar-refractivity contribution in [1.82, 2.24) is 9.55 Å². The fourth-order valence-electron chi connectivity index (χ4n) is 2.18. The molecule has 3 nitrogen and oxygen atoms in total. The van der Waals surface area contributed by atoms with Gasteiger partial charge in [-0.1, -0.05) is 36.7 Å². The van der Waals surface area contributed by atoms with Gasteiger partial charge in [0.15, 0.2) is 5.16 Å². The van der Waals surface area contributed by atoms with Crippen LogP contribution in [0.3, 0.4) is 0 Å².